The molecule has 9 heteroatoms. The summed E-state index contributed by atoms with van der Waals surface area (Å²) in [6, 6.07) is 5.59. The van der Waals surface area contributed by atoms with E-state index in [1.807, 2.05) is 0 Å². The van der Waals surface area contributed by atoms with E-state index in [1.165, 1.54) is 29.2 Å². The lowest BCUT2D eigenvalue weighted by atomic mass is 9.81. The van der Waals surface area contributed by atoms with Crippen LogP contribution in [0.25, 0.3) is 0 Å². The Labute approximate surface area is 151 Å². The van der Waals surface area contributed by atoms with Crippen LogP contribution in [0.3, 0.4) is 0 Å². The number of amides is 3. The standard InChI is InChI=1S/C17H21N3O5S/c18-26(24,25)12-5-3-4-11(10-12)19-15(21)8-9-20-16(22)13-6-1-2-7-14(13)17(20)23/h3-5,10,13-14H,1-2,6-9H2,(H,19,21)(H2,18,24,25)/t13-,14+. The molecule has 0 unspecified atom stereocenters. The molecule has 1 saturated carbocycles. The summed E-state index contributed by atoms with van der Waals surface area (Å²) in [7, 11) is -3.86. The molecular weight excluding hydrogens is 358 g/mol. The minimum Gasteiger partial charge on any atom is -0.326 e. The van der Waals surface area contributed by atoms with Crippen LogP contribution in [0.5, 0.6) is 0 Å². The van der Waals surface area contributed by atoms with Crippen molar-refractivity contribution in [1.82, 2.24) is 4.90 Å². The molecule has 3 N–H and O–H groups in total. The van der Waals surface area contributed by atoms with Crippen molar-refractivity contribution in [1.29, 1.82) is 0 Å². The Morgan fingerprint density at radius 1 is 1.15 bits per heavy atom. The monoisotopic (exact) mass is 379 g/mol. The molecule has 2 aliphatic rings. The molecule has 2 atom stereocenters. The normalized spacial score (nSPS) is 23.0. The molecule has 1 saturated heterocycles. The fourth-order valence-electron chi connectivity index (χ4n) is 3.64. The summed E-state index contributed by atoms with van der Waals surface area (Å²) in [5.74, 6) is -1.23. The van der Waals surface area contributed by atoms with Gasteiger partial charge in [-0.3, -0.25) is 19.3 Å². The van der Waals surface area contributed by atoms with Crippen LogP contribution in [0.1, 0.15) is 32.1 Å². The van der Waals surface area contributed by atoms with Gasteiger partial charge in [0.15, 0.2) is 0 Å². The number of anilines is 1. The van der Waals surface area contributed by atoms with Gasteiger partial charge in [0, 0.05) is 18.7 Å². The molecule has 0 bridgehead atoms. The average Bonchev–Trinajstić information content (AvgIpc) is 2.84. The van der Waals surface area contributed by atoms with Gasteiger partial charge >= 0.3 is 0 Å². The van der Waals surface area contributed by atoms with E-state index in [9.17, 15) is 22.8 Å². The fourth-order valence-corrected chi connectivity index (χ4v) is 4.20. The molecule has 0 radical (unpaired) electrons. The maximum absolute atomic E-state index is 12.4. The minimum absolute atomic E-state index is 0.0331. The van der Waals surface area contributed by atoms with Gasteiger partial charge in [-0.1, -0.05) is 18.9 Å². The number of nitrogens with one attached hydrogen (secondary N) is 1. The average molecular weight is 379 g/mol. The van der Waals surface area contributed by atoms with Crippen LogP contribution in [-0.4, -0.2) is 37.6 Å². The molecular formula is C17H21N3O5S. The summed E-state index contributed by atoms with van der Waals surface area (Å²) in [5.41, 5.74) is 0.286. The van der Waals surface area contributed by atoms with Crippen molar-refractivity contribution in [3.63, 3.8) is 0 Å². The number of likely N-dealkylation sites (tertiary alicyclic amines) is 1. The number of nitrogens with two attached hydrogens (primary N) is 1. The first-order valence-corrected chi connectivity index (χ1v) is 10.1. The third-order valence-corrected chi connectivity index (χ3v) is 5.85. The topological polar surface area (TPSA) is 127 Å². The third kappa shape index (κ3) is 3.78. The SMILES string of the molecule is NS(=O)(=O)c1cccc(NC(=O)CCN2C(=O)[C@H]3CCCC[C@H]3C2=O)c1. The summed E-state index contributed by atoms with van der Waals surface area (Å²) < 4.78 is 22.7. The smallest absolute Gasteiger partial charge is 0.238 e. The lowest BCUT2D eigenvalue weighted by Crippen LogP contribution is -2.34. The number of sulfonamides is 1. The van der Waals surface area contributed by atoms with Crippen LogP contribution >= 0.6 is 0 Å². The summed E-state index contributed by atoms with van der Waals surface area (Å²) in [5, 5.41) is 7.63. The molecule has 3 amide bonds. The van der Waals surface area contributed by atoms with Gasteiger partial charge in [0.2, 0.25) is 27.7 Å². The number of imide groups is 1. The number of nitrogens with zero attached hydrogens (tertiary/aromatic N) is 1. The number of fused-ring (bicyclic) bond motifs is 1. The number of hydrogen-bond donors (Lipinski definition) is 2. The van der Waals surface area contributed by atoms with Crippen LogP contribution in [0.15, 0.2) is 29.2 Å². The van der Waals surface area contributed by atoms with E-state index < -0.39 is 15.9 Å². The van der Waals surface area contributed by atoms with E-state index in [2.05, 4.69) is 5.32 Å². The second-order valence-electron chi connectivity index (χ2n) is 6.70. The Morgan fingerprint density at radius 3 is 2.35 bits per heavy atom. The summed E-state index contributed by atoms with van der Waals surface area (Å²) in [6.07, 6.45) is 3.33. The Morgan fingerprint density at radius 2 is 1.77 bits per heavy atom. The maximum atomic E-state index is 12.4. The molecule has 140 valence electrons. The van der Waals surface area contributed by atoms with Crippen molar-refractivity contribution in [3.05, 3.63) is 24.3 Å². The maximum Gasteiger partial charge on any atom is 0.238 e. The molecule has 1 aliphatic carbocycles. The van der Waals surface area contributed by atoms with Gasteiger partial charge in [-0.25, -0.2) is 13.6 Å². The Hall–Kier alpha value is -2.26. The number of rotatable bonds is 5. The first-order valence-electron chi connectivity index (χ1n) is 8.55. The van der Waals surface area contributed by atoms with Gasteiger partial charge < -0.3 is 5.32 Å². The zero-order chi connectivity index (χ0) is 18.9. The largest absolute Gasteiger partial charge is 0.326 e. The number of primary sulfonamides is 1. The van der Waals surface area contributed by atoms with Gasteiger partial charge in [-0.2, -0.15) is 0 Å². The predicted molar refractivity (Wildman–Crippen MR) is 93.2 cm³/mol. The van der Waals surface area contributed by atoms with E-state index in [4.69, 9.17) is 5.14 Å². The van der Waals surface area contributed by atoms with Crippen LogP contribution in [0.4, 0.5) is 5.69 Å². The summed E-state index contributed by atoms with van der Waals surface area (Å²) in [4.78, 5) is 37.9. The van der Waals surface area contributed by atoms with Crippen LogP contribution < -0.4 is 10.5 Å². The predicted octanol–water partition coefficient (Wildman–Crippen LogP) is 0.838. The fraction of sp³-hybridized carbons (Fsp3) is 0.471. The van der Waals surface area contributed by atoms with Gasteiger partial charge in [-0.15, -0.1) is 0 Å². The lowest BCUT2D eigenvalue weighted by molar-refractivity contribution is -0.140. The molecule has 1 aromatic rings. The molecule has 0 spiro atoms. The van der Waals surface area contributed by atoms with Crippen molar-refractivity contribution < 1.29 is 22.8 Å². The number of benzene rings is 1. The Balaban J connectivity index is 1.59. The van der Waals surface area contributed by atoms with E-state index in [1.54, 1.807) is 0 Å². The van der Waals surface area contributed by atoms with Crippen molar-refractivity contribution in [2.75, 3.05) is 11.9 Å². The second kappa shape index (κ2) is 7.16. The Kier molecular flexibility index (Phi) is 5.10. The van der Waals surface area contributed by atoms with Crippen LogP contribution in [0.2, 0.25) is 0 Å². The van der Waals surface area contributed by atoms with E-state index in [-0.39, 0.29) is 47.2 Å². The van der Waals surface area contributed by atoms with Crippen molar-refractivity contribution in [2.24, 2.45) is 17.0 Å². The summed E-state index contributed by atoms with van der Waals surface area (Å²) >= 11 is 0. The molecule has 8 nitrogen and oxygen atoms in total. The van der Waals surface area contributed by atoms with Gasteiger partial charge in [0.1, 0.15) is 0 Å². The van der Waals surface area contributed by atoms with Crippen molar-refractivity contribution in [2.45, 2.75) is 37.0 Å². The number of hydrogen-bond acceptors (Lipinski definition) is 5. The lowest BCUT2D eigenvalue weighted by Gasteiger charge is -2.19. The molecule has 1 aliphatic heterocycles. The Bertz CT molecular complexity index is 828. The zero-order valence-electron chi connectivity index (χ0n) is 14.2. The van der Waals surface area contributed by atoms with Crippen molar-refractivity contribution >= 4 is 33.4 Å². The first kappa shape index (κ1) is 18.5. The van der Waals surface area contributed by atoms with E-state index in [0.717, 1.165) is 25.7 Å². The zero-order valence-corrected chi connectivity index (χ0v) is 15.0. The molecule has 3 rings (SSSR count). The van der Waals surface area contributed by atoms with Gasteiger partial charge in [0.25, 0.3) is 0 Å². The van der Waals surface area contributed by atoms with E-state index in [0.29, 0.717) is 0 Å². The van der Waals surface area contributed by atoms with Gasteiger partial charge in [0.05, 0.1) is 16.7 Å². The quantitative estimate of drug-likeness (QED) is 0.733. The minimum atomic E-state index is -3.86. The summed E-state index contributed by atoms with van der Waals surface area (Å²) in [6.45, 7) is 0.0331. The highest BCUT2D eigenvalue weighted by Gasteiger charge is 2.47. The van der Waals surface area contributed by atoms with Crippen LogP contribution in [0, 0.1) is 11.8 Å². The number of carbonyl (C=O) groups excluding carboxylic acids is 3. The highest BCUT2D eigenvalue weighted by Crippen LogP contribution is 2.37. The highest BCUT2D eigenvalue weighted by atomic mass is 32.2. The van der Waals surface area contributed by atoms with Crippen LogP contribution in [-0.2, 0) is 24.4 Å². The second-order valence-corrected chi connectivity index (χ2v) is 8.26. The molecule has 2 fully saturated rings. The van der Waals surface area contributed by atoms with E-state index >= 15 is 0 Å². The first-order chi connectivity index (χ1) is 12.3. The third-order valence-electron chi connectivity index (χ3n) is 4.94. The van der Waals surface area contributed by atoms with Gasteiger partial charge in [-0.05, 0) is 31.0 Å². The number of carbonyl (C=O) groups is 3. The molecule has 0 aromatic heterocycles. The molecule has 1 heterocycles. The molecule has 26 heavy (non-hydrogen) atoms. The van der Waals surface area contributed by atoms with Crippen molar-refractivity contribution in [3.8, 4) is 0 Å². The highest BCUT2D eigenvalue weighted by molar-refractivity contribution is 7.89. The molecule has 1 aromatic carbocycles.